The zero-order chi connectivity index (χ0) is 15.2. The first-order chi connectivity index (χ1) is 10.0. The zero-order valence-corrected chi connectivity index (χ0v) is 12.1. The number of aliphatic carboxylic acids is 1. The number of hydrogen-bond acceptors (Lipinski definition) is 3. The summed E-state index contributed by atoms with van der Waals surface area (Å²) in [5.74, 6) is -1.03. The largest absolute Gasteiger partial charge is 0.480 e. The molecule has 0 bridgehead atoms. The van der Waals surface area contributed by atoms with Crippen LogP contribution in [0.5, 0.6) is 0 Å². The maximum Gasteiger partial charge on any atom is 0.326 e. The number of rotatable bonds is 5. The fourth-order valence-corrected chi connectivity index (χ4v) is 2.49. The Morgan fingerprint density at radius 3 is 2.67 bits per heavy atom. The van der Waals surface area contributed by atoms with E-state index in [0.29, 0.717) is 0 Å². The Kier molecular flexibility index (Phi) is 5.16. The van der Waals surface area contributed by atoms with Gasteiger partial charge in [0.2, 0.25) is 0 Å². The van der Waals surface area contributed by atoms with E-state index in [9.17, 15) is 14.7 Å². The van der Waals surface area contributed by atoms with Crippen LogP contribution in [0.1, 0.15) is 12.0 Å². The van der Waals surface area contributed by atoms with Gasteiger partial charge >= 0.3 is 12.0 Å². The lowest BCUT2D eigenvalue weighted by atomic mass is 10.1. The Labute approximate surface area is 124 Å². The number of likely N-dealkylation sites (tertiary alicyclic amines) is 1. The summed E-state index contributed by atoms with van der Waals surface area (Å²) in [4.78, 5) is 25.3. The maximum absolute atomic E-state index is 11.9. The minimum Gasteiger partial charge on any atom is -0.480 e. The molecule has 0 radical (unpaired) electrons. The lowest BCUT2D eigenvalue weighted by Crippen LogP contribution is -2.50. The van der Waals surface area contributed by atoms with Crippen LogP contribution in [0.4, 0.5) is 4.79 Å². The number of benzene rings is 1. The molecule has 6 nitrogen and oxygen atoms in total. The first kappa shape index (κ1) is 15.3. The summed E-state index contributed by atoms with van der Waals surface area (Å²) in [5, 5.41) is 14.6. The molecular weight excluding hydrogens is 270 g/mol. The first-order valence-electron chi connectivity index (χ1n) is 7.07. The van der Waals surface area contributed by atoms with Crippen LogP contribution >= 0.6 is 0 Å². The molecule has 2 amide bonds. The Morgan fingerprint density at radius 1 is 1.38 bits per heavy atom. The number of urea groups is 1. The molecule has 1 aliphatic heterocycles. The van der Waals surface area contributed by atoms with Crippen LogP contribution in [0.2, 0.25) is 0 Å². The summed E-state index contributed by atoms with van der Waals surface area (Å²) >= 11 is 0. The molecule has 114 valence electrons. The van der Waals surface area contributed by atoms with Crippen LogP contribution in [0, 0.1) is 0 Å². The molecule has 2 unspecified atom stereocenters. The predicted molar refractivity (Wildman–Crippen MR) is 79.1 cm³/mol. The predicted octanol–water partition coefficient (Wildman–Crippen LogP) is 0.686. The lowest BCUT2D eigenvalue weighted by Gasteiger charge is -2.18. The van der Waals surface area contributed by atoms with E-state index in [0.717, 1.165) is 25.1 Å². The number of carbonyl (C=O) groups excluding carboxylic acids is 1. The van der Waals surface area contributed by atoms with Gasteiger partial charge in [0.1, 0.15) is 6.04 Å². The summed E-state index contributed by atoms with van der Waals surface area (Å²) < 4.78 is 0. The Morgan fingerprint density at radius 2 is 2.10 bits per heavy atom. The van der Waals surface area contributed by atoms with Crippen LogP contribution in [-0.4, -0.2) is 54.2 Å². The first-order valence-corrected chi connectivity index (χ1v) is 7.07. The average molecular weight is 291 g/mol. The molecule has 2 atom stereocenters. The van der Waals surface area contributed by atoms with Gasteiger partial charge in [0, 0.05) is 19.0 Å². The molecule has 3 N–H and O–H groups in total. The van der Waals surface area contributed by atoms with Gasteiger partial charge in [0.05, 0.1) is 0 Å². The molecule has 6 heteroatoms. The van der Waals surface area contributed by atoms with E-state index >= 15 is 0 Å². The molecule has 0 spiro atoms. The standard InChI is InChI=1S/C15H21N3O3/c1-18-8-7-12(10-18)16-15(21)17-13(14(19)20)9-11-5-3-2-4-6-11/h2-6,12-13H,7-10H2,1H3,(H,19,20)(H2,16,17,21). The highest BCUT2D eigenvalue weighted by atomic mass is 16.4. The topological polar surface area (TPSA) is 81.7 Å². The van der Waals surface area contributed by atoms with Gasteiger partial charge in [-0.1, -0.05) is 30.3 Å². The summed E-state index contributed by atoms with van der Waals surface area (Å²) in [5.41, 5.74) is 0.880. The van der Waals surface area contributed by atoms with Gasteiger partial charge in [-0.15, -0.1) is 0 Å². The molecule has 2 rings (SSSR count). The molecule has 1 aliphatic rings. The summed E-state index contributed by atoms with van der Waals surface area (Å²) in [6.07, 6.45) is 1.16. The van der Waals surface area contributed by atoms with Crippen molar-refractivity contribution in [1.29, 1.82) is 0 Å². The van der Waals surface area contributed by atoms with Crippen molar-refractivity contribution >= 4 is 12.0 Å². The van der Waals surface area contributed by atoms with E-state index in [1.165, 1.54) is 0 Å². The Balaban J connectivity index is 1.87. The fourth-order valence-electron chi connectivity index (χ4n) is 2.49. The quantitative estimate of drug-likeness (QED) is 0.745. The molecule has 0 aromatic heterocycles. The van der Waals surface area contributed by atoms with Crippen LogP contribution < -0.4 is 10.6 Å². The van der Waals surface area contributed by atoms with Crippen LogP contribution in [0.3, 0.4) is 0 Å². The third kappa shape index (κ3) is 4.75. The second kappa shape index (κ2) is 7.08. The van der Waals surface area contributed by atoms with Gasteiger partial charge in [-0.05, 0) is 25.6 Å². The summed E-state index contributed by atoms with van der Waals surface area (Å²) in [6, 6.07) is 8.01. The van der Waals surface area contributed by atoms with Crippen molar-refractivity contribution in [3.63, 3.8) is 0 Å². The van der Waals surface area contributed by atoms with E-state index in [1.54, 1.807) is 0 Å². The molecule has 1 aromatic carbocycles. The maximum atomic E-state index is 11.9. The number of hydrogen-bond donors (Lipinski definition) is 3. The third-order valence-electron chi connectivity index (χ3n) is 3.61. The Hall–Kier alpha value is -2.08. The van der Waals surface area contributed by atoms with Gasteiger partial charge in [0.15, 0.2) is 0 Å². The molecule has 1 aromatic rings. The molecule has 0 aliphatic carbocycles. The van der Waals surface area contributed by atoms with Gasteiger partial charge in [-0.3, -0.25) is 0 Å². The fraction of sp³-hybridized carbons (Fsp3) is 0.467. The number of nitrogens with one attached hydrogen (secondary N) is 2. The van der Waals surface area contributed by atoms with Gasteiger partial charge in [0.25, 0.3) is 0 Å². The van der Waals surface area contributed by atoms with E-state index in [2.05, 4.69) is 15.5 Å². The molecule has 21 heavy (non-hydrogen) atoms. The minimum atomic E-state index is -1.03. The molecular formula is C15H21N3O3. The monoisotopic (exact) mass is 291 g/mol. The normalized spacial score (nSPS) is 20.0. The highest BCUT2D eigenvalue weighted by Gasteiger charge is 2.24. The van der Waals surface area contributed by atoms with Crippen molar-refractivity contribution in [2.45, 2.75) is 24.9 Å². The van der Waals surface area contributed by atoms with Crippen molar-refractivity contribution < 1.29 is 14.7 Å². The van der Waals surface area contributed by atoms with Gasteiger partial charge in [-0.25, -0.2) is 9.59 Å². The molecule has 0 saturated carbocycles. The number of carboxylic acids is 1. The van der Waals surface area contributed by atoms with Crippen molar-refractivity contribution in [2.75, 3.05) is 20.1 Å². The lowest BCUT2D eigenvalue weighted by molar-refractivity contribution is -0.139. The number of carboxylic acid groups (broad SMARTS) is 1. The van der Waals surface area contributed by atoms with Crippen molar-refractivity contribution in [1.82, 2.24) is 15.5 Å². The molecule has 1 saturated heterocycles. The summed E-state index contributed by atoms with van der Waals surface area (Å²) in [7, 11) is 2.00. The minimum absolute atomic E-state index is 0.0844. The highest BCUT2D eigenvalue weighted by Crippen LogP contribution is 2.06. The van der Waals surface area contributed by atoms with Crippen LogP contribution in [0.25, 0.3) is 0 Å². The zero-order valence-electron chi connectivity index (χ0n) is 12.1. The van der Waals surface area contributed by atoms with E-state index in [1.807, 2.05) is 37.4 Å². The van der Waals surface area contributed by atoms with Crippen molar-refractivity contribution in [3.05, 3.63) is 35.9 Å². The number of likely N-dealkylation sites (N-methyl/N-ethyl adjacent to an activating group) is 1. The van der Waals surface area contributed by atoms with E-state index in [4.69, 9.17) is 0 Å². The third-order valence-corrected chi connectivity index (χ3v) is 3.61. The number of carbonyl (C=O) groups is 2. The second-order valence-corrected chi connectivity index (χ2v) is 5.45. The highest BCUT2D eigenvalue weighted by molar-refractivity contribution is 5.82. The van der Waals surface area contributed by atoms with Crippen LogP contribution in [-0.2, 0) is 11.2 Å². The average Bonchev–Trinajstić information content (AvgIpc) is 2.84. The van der Waals surface area contributed by atoms with Crippen molar-refractivity contribution in [3.8, 4) is 0 Å². The van der Waals surface area contributed by atoms with Gasteiger partial charge in [-0.2, -0.15) is 0 Å². The second-order valence-electron chi connectivity index (χ2n) is 5.45. The van der Waals surface area contributed by atoms with E-state index in [-0.39, 0.29) is 12.5 Å². The van der Waals surface area contributed by atoms with Gasteiger partial charge < -0.3 is 20.6 Å². The molecule has 1 heterocycles. The molecule has 1 fully saturated rings. The smallest absolute Gasteiger partial charge is 0.326 e. The SMILES string of the molecule is CN1CCC(NC(=O)NC(Cc2ccccc2)C(=O)O)C1. The number of amides is 2. The van der Waals surface area contributed by atoms with E-state index < -0.39 is 18.0 Å². The Bertz CT molecular complexity index is 492. The summed E-state index contributed by atoms with van der Waals surface area (Å²) in [6.45, 7) is 1.74. The van der Waals surface area contributed by atoms with Crippen molar-refractivity contribution in [2.24, 2.45) is 0 Å². The number of nitrogens with zero attached hydrogens (tertiary/aromatic N) is 1. The van der Waals surface area contributed by atoms with Crippen LogP contribution in [0.15, 0.2) is 30.3 Å².